The van der Waals surface area contributed by atoms with Crippen LogP contribution in [-0.4, -0.2) is 53.5 Å². The number of ether oxygens (including phenoxy) is 1. The summed E-state index contributed by atoms with van der Waals surface area (Å²) in [6, 6.07) is 9.25. The highest BCUT2D eigenvalue weighted by Crippen LogP contribution is 2.28. The SMILES string of the molecule is CCCC(C)(C)C(=O)N1CCOC(C)(CNC(=O)c2ccc3ncccc3c2)C1. The maximum absolute atomic E-state index is 13.0. The topological polar surface area (TPSA) is 71.5 Å². The van der Waals surface area contributed by atoms with E-state index in [1.807, 2.05) is 49.9 Å². The zero-order valence-corrected chi connectivity index (χ0v) is 17.8. The van der Waals surface area contributed by atoms with Crippen LogP contribution in [0, 0.1) is 5.41 Å². The zero-order chi connectivity index (χ0) is 21.1. The van der Waals surface area contributed by atoms with Crippen molar-refractivity contribution in [1.82, 2.24) is 15.2 Å². The second-order valence-corrected chi connectivity index (χ2v) is 8.75. The summed E-state index contributed by atoms with van der Waals surface area (Å²) in [6.45, 7) is 9.93. The summed E-state index contributed by atoms with van der Waals surface area (Å²) >= 11 is 0. The molecule has 1 atom stereocenters. The van der Waals surface area contributed by atoms with Gasteiger partial charge < -0.3 is 15.0 Å². The summed E-state index contributed by atoms with van der Waals surface area (Å²) in [7, 11) is 0. The monoisotopic (exact) mass is 397 g/mol. The van der Waals surface area contributed by atoms with Gasteiger partial charge in [0, 0.05) is 35.7 Å². The minimum Gasteiger partial charge on any atom is -0.370 e. The number of rotatable bonds is 6. The fourth-order valence-electron chi connectivity index (χ4n) is 3.96. The van der Waals surface area contributed by atoms with Crippen LogP contribution in [-0.2, 0) is 9.53 Å². The van der Waals surface area contributed by atoms with Gasteiger partial charge in [-0.2, -0.15) is 0 Å². The van der Waals surface area contributed by atoms with E-state index in [9.17, 15) is 9.59 Å². The van der Waals surface area contributed by atoms with Gasteiger partial charge in [0.15, 0.2) is 0 Å². The van der Waals surface area contributed by atoms with Crippen molar-refractivity contribution in [3.8, 4) is 0 Å². The lowest BCUT2D eigenvalue weighted by Crippen LogP contribution is -2.58. The number of nitrogens with zero attached hydrogens (tertiary/aromatic N) is 2. The Bertz CT molecular complexity index is 896. The maximum Gasteiger partial charge on any atom is 0.251 e. The number of morpholine rings is 1. The van der Waals surface area contributed by atoms with Crippen LogP contribution < -0.4 is 5.32 Å². The van der Waals surface area contributed by atoms with Crippen molar-refractivity contribution in [3.63, 3.8) is 0 Å². The van der Waals surface area contributed by atoms with Crippen molar-refractivity contribution in [3.05, 3.63) is 42.1 Å². The lowest BCUT2D eigenvalue weighted by atomic mass is 9.86. The van der Waals surface area contributed by atoms with Crippen LogP contribution in [0.2, 0.25) is 0 Å². The predicted molar refractivity (Wildman–Crippen MR) is 114 cm³/mol. The van der Waals surface area contributed by atoms with Crippen molar-refractivity contribution in [1.29, 1.82) is 0 Å². The van der Waals surface area contributed by atoms with Crippen molar-refractivity contribution >= 4 is 22.7 Å². The molecule has 156 valence electrons. The summed E-state index contributed by atoms with van der Waals surface area (Å²) < 4.78 is 5.96. The first-order valence-electron chi connectivity index (χ1n) is 10.3. The number of fused-ring (bicyclic) bond motifs is 1. The van der Waals surface area contributed by atoms with Gasteiger partial charge in [-0.3, -0.25) is 14.6 Å². The third-order valence-corrected chi connectivity index (χ3v) is 5.57. The van der Waals surface area contributed by atoms with Crippen LogP contribution in [0.1, 0.15) is 50.9 Å². The van der Waals surface area contributed by atoms with Gasteiger partial charge in [0.2, 0.25) is 5.91 Å². The molecular formula is C23H31N3O3. The number of nitrogens with one attached hydrogen (secondary N) is 1. The lowest BCUT2D eigenvalue weighted by Gasteiger charge is -2.43. The number of carbonyl (C=O) groups excluding carboxylic acids is 2. The highest BCUT2D eigenvalue weighted by molar-refractivity contribution is 5.97. The molecule has 29 heavy (non-hydrogen) atoms. The Kier molecular flexibility index (Phi) is 6.22. The van der Waals surface area contributed by atoms with E-state index in [4.69, 9.17) is 4.74 Å². The van der Waals surface area contributed by atoms with E-state index in [-0.39, 0.29) is 17.2 Å². The van der Waals surface area contributed by atoms with E-state index in [1.165, 1.54) is 0 Å². The van der Waals surface area contributed by atoms with Gasteiger partial charge in [-0.25, -0.2) is 0 Å². The third-order valence-electron chi connectivity index (χ3n) is 5.57. The first kappa shape index (κ1) is 21.2. The van der Waals surface area contributed by atoms with Crippen LogP contribution in [0.4, 0.5) is 0 Å². The highest BCUT2D eigenvalue weighted by Gasteiger charge is 2.39. The number of aromatic nitrogens is 1. The first-order valence-corrected chi connectivity index (χ1v) is 10.3. The van der Waals surface area contributed by atoms with E-state index in [1.54, 1.807) is 12.3 Å². The average molecular weight is 398 g/mol. The minimum atomic E-state index is -0.607. The molecule has 0 spiro atoms. The molecular weight excluding hydrogens is 366 g/mol. The van der Waals surface area contributed by atoms with Gasteiger partial charge in [0.25, 0.3) is 5.91 Å². The van der Waals surface area contributed by atoms with E-state index < -0.39 is 5.60 Å². The molecule has 0 aliphatic carbocycles. The van der Waals surface area contributed by atoms with Gasteiger partial charge in [-0.05, 0) is 37.6 Å². The number of pyridine rings is 1. The Labute approximate surface area is 172 Å². The van der Waals surface area contributed by atoms with E-state index in [2.05, 4.69) is 17.2 Å². The summed E-state index contributed by atoms with van der Waals surface area (Å²) in [5, 5.41) is 3.90. The molecule has 1 N–H and O–H groups in total. The minimum absolute atomic E-state index is 0.155. The molecule has 0 bridgehead atoms. The van der Waals surface area contributed by atoms with E-state index >= 15 is 0 Å². The predicted octanol–water partition coefficient (Wildman–Crippen LogP) is 3.41. The van der Waals surface area contributed by atoms with Gasteiger partial charge >= 0.3 is 0 Å². The molecule has 0 saturated carbocycles. The summed E-state index contributed by atoms with van der Waals surface area (Å²) in [4.78, 5) is 31.8. The van der Waals surface area contributed by atoms with Gasteiger partial charge in [0.05, 0.1) is 18.7 Å². The van der Waals surface area contributed by atoms with Crippen molar-refractivity contribution in [2.45, 2.75) is 46.1 Å². The molecule has 1 saturated heterocycles. The molecule has 0 radical (unpaired) electrons. The van der Waals surface area contributed by atoms with Crippen LogP contribution in [0.5, 0.6) is 0 Å². The molecule has 2 amide bonds. The molecule has 6 heteroatoms. The van der Waals surface area contributed by atoms with Crippen LogP contribution in [0.3, 0.4) is 0 Å². The molecule has 2 aromatic rings. The smallest absolute Gasteiger partial charge is 0.251 e. The van der Waals surface area contributed by atoms with Gasteiger partial charge in [-0.1, -0.05) is 33.3 Å². The average Bonchev–Trinajstić information content (AvgIpc) is 2.71. The van der Waals surface area contributed by atoms with Crippen LogP contribution in [0.25, 0.3) is 10.9 Å². The molecule has 1 aromatic carbocycles. The van der Waals surface area contributed by atoms with Crippen LogP contribution in [0.15, 0.2) is 36.5 Å². The van der Waals surface area contributed by atoms with Crippen LogP contribution >= 0.6 is 0 Å². The molecule has 1 aliphatic rings. The van der Waals surface area contributed by atoms with Crippen molar-refractivity contribution in [2.75, 3.05) is 26.2 Å². The summed E-state index contributed by atoms with van der Waals surface area (Å²) in [5.74, 6) is -0.00225. The fourth-order valence-corrected chi connectivity index (χ4v) is 3.96. The molecule has 1 fully saturated rings. The third kappa shape index (κ3) is 4.93. The van der Waals surface area contributed by atoms with Crippen molar-refractivity contribution in [2.24, 2.45) is 5.41 Å². The largest absolute Gasteiger partial charge is 0.370 e. The Morgan fingerprint density at radius 2 is 2.10 bits per heavy atom. The van der Waals surface area contributed by atoms with E-state index in [0.717, 1.165) is 23.7 Å². The Balaban J connectivity index is 1.64. The first-order chi connectivity index (χ1) is 13.7. The summed E-state index contributed by atoms with van der Waals surface area (Å²) in [6.07, 6.45) is 3.56. The molecule has 2 heterocycles. The quantitative estimate of drug-likeness (QED) is 0.811. The number of hydrogen-bond donors (Lipinski definition) is 1. The summed E-state index contributed by atoms with van der Waals surface area (Å²) in [5.41, 5.74) is 0.456. The number of hydrogen-bond acceptors (Lipinski definition) is 4. The van der Waals surface area contributed by atoms with Gasteiger partial charge in [-0.15, -0.1) is 0 Å². The Morgan fingerprint density at radius 1 is 1.31 bits per heavy atom. The lowest BCUT2D eigenvalue weighted by molar-refractivity contribution is -0.156. The molecule has 1 aromatic heterocycles. The number of amides is 2. The Hall–Kier alpha value is -2.47. The standard InChI is InChI=1S/C23H31N3O3/c1-5-10-22(2,3)21(28)26-12-13-29-23(4,16-26)15-25-20(27)18-8-9-19-17(14-18)7-6-11-24-19/h6-9,11,14H,5,10,12-13,15-16H2,1-4H3,(H,25,27). The second-order valence-electron chi connectivity index (χ2n) is 8.75. The molecule has 6 nitrogen and oxygen atoms in total. The Morgan fingerprint density at radius 3 is 2.86 bits per heavy atom. The molecule has 1 aliphatic heterocycles. The second kappa shape index (κ2) is 8.49. The highest BCUT2D eigenvalue weighted by atomic mass is 16.5. The number of carbonyl (C=O) groups is 2. The maximum atomic E-state index is 13.0. The molecule has 3 rings (SSSR count). The van der Waals surface area contributed by atoms with Crippen molar-refractivity contribution < 1.29 is 14.3 Å². The zero-order valence-electron chi connectivity index (χ0n) is 17.8. The van der Waals surface area contributed by atoms with E-state index in [0.29, 0.717) is 31.8 Å². The normalized spacial score (nSPS) is 19.9. The number of benzene rings is 1. The molecule has 1 unspecified atom stereocenters. The fraction of sp³-hybridized carbons (Fsp3) is 0.522. The van der Waals surface area contributed by atoms with Gasteiger partial charge in [0.1, 0.15) is 5.60 Å².